The van der Waals surface area contributed by atoms with E-state index in [0.717, 1.165) is 0 Å². The minimum atomic E-state index is -2.69. The molecule has 0 unspecified atom stereocenters. The molecule has 0 bridgehead atoms. The van der Waals surface area contributed by atoms with Gasteiger partial charge in [-0.25, -0.2) is 0 Å². The van der Waals surface area contributed by atoms with Crippen molar-refractivity contribution in [2.24, 2.45) is 17.4 Å². The van der Waals surface area contributed by atoms with Gasteiger partial charge in [0.05, 0.1) is 29.2 Å². The number of carbonyl (C=O) groups is 3. The standard InChI is InChI=1S/C28H31N3O8/c1-3-31(4-2)11-14-7-16(13-5-6-39-12-13)17-10-27(30)9-15-8-18(32)20(26(29)37)24(35)28(15,38)25(36)21(27)23(34)19(17)22(14)33/h5-7,12,15,33-35,38H,3-4,8-11,30H2,1-2H3,(H2,29,37)/t15-,27+,28-/m1/s1. The second-order valence-electron chi connectivity index (χ2n) is 10.5. The number of benzene rings is 1. The maximum absolute atomic E-state index is 13.9. The monoisotopic (exact) mass is 537 g/mol. The molecular formula is C28H31N3O8. The Morgan fingerprint density at radius 2 is 1.90 bits per heavy atom. The fourth-order valence-electron chi connectivity index (χ4n) is 6.35. The minimum absolute atomic E-state index is 0.00666. The molecule has 3 aliphatic rings. The number of nitrogens with zero attached hydrogens (tertiary/aromatic N) is 1. The van der Waals surface area contributed by atoms with Gasteiger partial charge in [-0.1, -0.05) is 13.8 Å². The maximum Gasteiger partial charge on any atom is 0.255 e. The number of furan rings is 1. The quantitative estimate of drug-likeness (QED) is 0.294. The third-order valence-corrected chi connectivity index (χ3v) is 8.40. The highest BCUT2D eigenvalue weighted by Crippen LogP contribution is 2.54. The molecule has 206 valence electrons. The first kappa shape index (κ1) is 26.7. The Hall–Kier alpha value is -3.93. The van der Waals surface area contributed by atoms with Crippen molar-refractivity contribution in [3.05, 3.63) is 58.3 Å². The van der Waals surface area contributed by atoms with Crippen molar-refractivity contribution in [2.45, 2.75) is 50.8 Å². The normalized spacial score (nSPS) is 26.5. The molecule has 0 radical (unpaired) electrons. The van der Waals surface area contributed by atoms with Crippen LogP contribution in [0.1, 0.15) is 43.4 Å². The fourth-order valence-corrected chi connectivity index (χ4v) is 6.35. The van der Waals surface area contributed by atoms with E-state index < -0.39 is 63.6 Å². The first-order chi connectivity index (χ1) is 18.4. The van der Waals surface area contributed by atoms with Crippen LogP contribution >= 0.6 is 0 Å². The topological polar surface area (TPSA) is 201 Å². The van der Waals surface area contributed by atoms with E-state index in [4.69, 9.17) is 15.9 Å². The Morgan fingerprint density at radius 3 is 2.49 bits per heavy atom. The Morgan fingerprint density at radius 1 is 1.21 bits per heavy atom. The molecule has 0 aliphatic heterocycles. The molecule has 2 aromatic rings. The molecule has 11 heteroatoms. The summed E-state index contributed by atoms with van der Waals surface area (Å²) >= 11 is 0. The number of phenolic OH excluding ortho intramolecular Hbond substituents is 1. The largest absolute Gasteiger partial charge is 0.508 e. The molecule has 3 atom stereocenters. The van der Waals surface area contributed by atoms with Crippen LogP contribution in [0.2, 0.25) is 0 Å². The van der Waals surface area contributed by atoms with Crippen LogP contribution in [0.5, 0.6) is 5.75 Å². The Bertz CT molecular complexity index is 1470. The molecule has 1 saturated carbocycles. The third kappa shape index (κ3) is 3.72. The van der Waals surface area contributed by atoms with Gasteiger partial charge in [-0.3, -0.25) is 19.3 Å². The molecular weight excluding hydrogens is 506 g/mol. The summed E-state index contributed by atoms with van der Waals surface area (Å²) in [5, 5.41) is 45.3. The van der Waals surface area contributed by atoms with Crippen molar-refractivity contribution in [1.82, 2.24) is 4.90 Å². The first-order valence-electron chi connectivity index (χ1n) is 12.8. The SMILES string of the molecule is CCN(CC)Cc1cc(-c2ccoc2)c2c(c1O)C(O)=C1C(=O)[C@]3(O)C(O)=C(C(N)=O)C(=O)C[C@@H]3C[C@]1(N)C2. The summed E-state index contributed by atoms with van der Waals surface area (Å²) in [6, 6.07) is 3.53. The van der Waals surface area contributed by atoms with Gasteiger partial charge in [-0.05, 0) is 49.2 Å². The van der Waals surface area contributed by atoms with Crippen LogP contribution in [-0.2, 0) is 27.3 Å². The Kier molecular flexibility index (Phi) is 6.21. The molecule has 5 rings (SSSR count). The zero-order chi connectivity index (χ0) is 28.4. The average molecular weight is 538 g/mol. The molecule has 0 saturated heterocycles. The second kappa shape index (κ2) is 9.08. The molecule has 0 spiro atoms. The maximum atomic E-state index is 13.9. The molecule has 1 heterocycles. The van der Waals surface area contributed by atoms with Crippen LogP contribution in [0.15, 0.2) is 46.0 Å². The average Bonchev–Trinajstić information content (AvgIpc) is 3.40. The van der Waals surface area contributed by atoms with E-state index in [-0.39, 0.29) is 24.2 Å². The van der Waals surface area contributed by atoms with Gasteiger partial charge >= 0.3 is 0 Å². The molecule has 39 heavy (non-hydrogen) atoms. The summed E-state index contributed by atoms with van der Waals surface area (Å²) in [6.07, 6.45) is 2.35. The Balaban J connectivity index is 1.77. The predicted octanol–water partition coefficient (Wildman–Crippen LogP) is 1.61. The summed E-state index contributed by atoms with van der Waals surface area (Å²) in [6.45, 7) is 5.70. The number of Topliss-reactive ketones (excluding diaryl/α,β-unsaturated/α-hetero) is 2. The van der Waals surface area contributed by atoms with Crippen LogP contribution in [0, 0.1) is 5.92 Å². The van der Waals surface area contributed by atoms with Crippen molar-refractivity contribution < 1.29 is 39.2 Å². The summed E-state index contributed by atoms with van der Waals surface area (Å²) in [4.78, 5) is 40.4. The van der Waals surface area contributed by atoms with E-state index in [9.17, 15) is 34.8 Å². The first-order valence-corrected chi connectivity index (χ1v) is 12.8. The highest BCUT2D eigenvalue weighted by molar-refractivity contribution is 6.23. The lowest BCUT2D eigenvalue weighted by Crippen LogP contribution is -2.65. The highest BCUT2D eigenvalue weighted by atomic mass is 16.3. The van der Waals surface area contributed by atoms with Gasteiger partial charge < -0.3 is 36.3 Å². The van der Waals surface area contributed by atoms with Gasteiger partial charge in [0.15, 0.2) is 11.4 Å². The van der Waals surface area contributed by atoms with Crippen molar-refractivity contribution in [3.63, 3.8) is 0 Å². The van der Waals surface area contributed by atoms with E-state index >= 15 is 0 Å². The van der Waals surface area contributed by atoms with Crippen LogP contribution in [0.4, 0.5) is 0 Å². The van der Waals surface area contributed by atoms with Gasteiger partial charge in [0, 0.05) is 30.0 Å². The molecule has 11 nitrogen and oxygen atoms in total. The molecule has 3 aliphatic carbocycles. The number of hydrogen-bond donors (Lipinski definition) is 6. The smallest absolute Gasteiger partial charge is 0.255 e. The Labute approximate surface area is 224 Å². The van der Waals surface area contributed by atoms with E-state index in [1.165, 1.54) is 12.5 Å². The lowest BCUT2D eigenvalue weighted by Gasteiger charge is -2.50. The number of primary amides is 1. The van der Waals surface area contributed by atoms with Gasteiger partial charge in [-0.2, -0.15) is 0 Å². The van der Waals surface area contributed by atoms with Gasteiger partial charge in [0.2, 0.25) is 5.78 Å². The summed E-state index contributed by atoms with van der Waals surface area (Å²) in [5.41, 5.74) is 8.81. The number of rotatable bonds is 6. The summed E-state index contributed by atoms with van der Waals surface area (Å²) < 4.78 is 5.29. The summed E-state index contributed by atoms with van der Waals surface area (Å²) in [5.74, 6) is -6.43. The summed E-state index contributed by atoms with van der Waals surface area (Å²) in [7, 11) is 0. The van der Waals surface area contributed by atoms with Crippen molar-refractivity contribution in [2.75, 3.05) is 13.1 Å². The lowest BCUT2D eigenvalue weighted by atomic mass is 9.56. The van der Waals surface area contributed by atoms with E-state index in [0.29, 0.717) is 41.9 Å². The zero-order valence-electron chi connectivity index (χ0n) is 21.7. The van der Waals surface area contributed by atoms with Gasteiger partial charge in [0.1, 0.15) is 22.8 Å². The number of ketones is 2. The number of hydrogen-bond acceptors (Lipinski definition) is 10. The van der Waals surface area contributed by atoms with Gasteiger partial charge in [-0.15, -0.1) is 0 Å². The molecule has 1 aromatic heterocycles. The predicted molar refractivity (Wildman–Crippen MR) is 139 cm³/mol. The van der Waals surface area contributed by atoms with Gasteiger partial charge in [0.25, 0.3) is 5.91 Å². The van der Waals surface area contributed by atoms with Crippen LogP contribution in [0.3, 0.4) is 0 Å². The molecule has 1 aromatic carbocycles. The number of amides is 1. The van der Waals surface area contributed by atoms with Crippen LogP contribution < -0.4 is 11.5 Å². The number of aliphatic hydroxyl groups is 3. The number of nitrogens with two attached hydrogens (primary N) is 2. The molecule has 8 N–H and O–H groups in total. The zero-order valence-corrected chi connectivity index (χ0v) is 21.7. The molecule has 1 amide bonds. The van der Waals surface area contributed by atoms with Crippen LogP contribution in [-0.4, -0.2) is 67.0 Å². The van der Waals surface area contributed by atoms with E-state index in [2.05, 4.69) is 4.90 Å². The molecule has 1 fully saturated rings. The highest BCUT2D eigenvalue weighted by Gasteiger charge is 2.64. The number of phenols is 1. The van der Waals surface area contributed by atoms with Crippen LogP contribution in [0.25, 0.3) is 16.9 Å². The van der Waals surface area contributed by atoms with E-state index in [1.54, 1.807) is 12.1 Å². The number of fused-ring (bicyclic) bond motifs is 3. The lowest BCUT2D eigenvalue weighted by molar-refractivity contribution is -0.148. The minimum Gasteiger partial charge on any atom is -0.508 e. The van der Waals surface area contributed by atoms with Crippen molar-refractivity contribution in [3.8, 4) is 16.9 Å². The van der Waals surface area contributed by atoms with Crippen molar-refractivity contribution >= 4 is 23.2 Å². The van der Waals surface area contributed by atoms with E-state index in [1.807, 2.05) is 13.8 Å². The fraction of sp³-hybridized carbons (Fsp3) is 0.393. The number of aromatic hydroxyl groups is 1. The third-order valence-electron chi connectivity index (χ3n) is 8.40. The van der Waals surface area contributed by atoms with Crippen molar-refractivity contribution in [1.29, 1.82) is 0 Å². The number of carbonyl (C=O) groups excluding carboxylic acids is 3. The number of aliphatic hydroxyl groups excluding tert-OH is 2. The second-order valence-corrected chi connectivity index (χ2v) is 10.5.